The van der Waals surface area contributed by atoms with E-state index in [1.807, 2.05) is 11.0 Å². The molecule has 1 saturated carbocycles. The van der Waals surface area contributed by atoms with Crippen LogP contribution in [-0.4, -0.2) is 93.0 Å². The third kappa shape index (κ3) is 4.81. The lowest BCUT2D eigenvalue weighted by molar-refractivity contribution is -0.132. The first kappa shape index (κ1) is 23.2. The van der Waals surface area contributed by atoms with Crippen molar-refractivity contribution < 1.29 is 9.59 Å². The van der Waals surface area contributed by atoms with E-state index in [4.69, 9.17) is 0 Å². The highest BCUT2D eigenvalue weighted by Crippen LogP contribution is 2.32. The van der Waals surface area contributed by atoms with Gasteiger partial charge in [0.15, 0.2) is 5.65 Å². The number of hydrogen-bond acceptors (Lipinski definition) is 6. The first-order valence-corrected chi connectivity index (χ1v) is 13.0. The molecule has 1 aliphatic carbocycles. The number of hydrogen-bond donors (Lipinski definition) is 1. The molecule has 1 N–H and O–H groups in total. The van der Waals surface area contributed by atoms with E-state index < -0.39 is 0 Å². The van der Waals surface area contributed by atoms with Gasteiger partial charge in [-0.05, 0) is 38.3 Å². The van der Waals surface area contributed by atoms with Crippen molar-refractivity contribution in [1.82, 2.24) is 34.6 Å². The summed E-state index contributed by atoms with van der Waals surface area (Å²) in [5.74, 6) is 0.103. The number of carbonyl (C=O) groups is 2. The molecule has 184 valence electrons. The van der Waals surface area contributed by atoms with E-state index in [0.29, 0.717) is 17.6 Å². The van der Waals surface area contributed by atoms with Gasteiger partial charge in [-0.25, -0.2) is 9.50 Å². The number of nitrogens with zero attached hydrogens (tertiary/aromatic N) is 6. The van der Waals surface area contributed by atoms with Gasteiger partial charge in [0.05, 0.1) is 17.9 Å². The number of nitrogens with one attached hydrogen (secondary N) is 1. The highest BCUT2D eigenvalue weighted by Gasteiger charge is 2.32. The van der Waals surface area contributed by atoms with E-state index in [-0.39, 0.29) is 23.9 Å². The maximum atomic E-state index is 13.2. The summed E-state index contributed by atoms with van der Waals surface area (Å²) in [6.07, 6.45) is 10.2. The van der Waals surface area contributed by atoms with Gasteiger partial charge in [0, 0.05) is 57.9 Å². The predicted molar refractivity (Wildman–Crippen MR) is 130 cm³/mol. The van der Waals surface area contributed by atoms with Crippen molar-refractivity contribution in [3.63, 3.8) is 0 Å². The van der Waals surface area contributed by atoms with Crippen LogP contribution in [0.5, 0.6) is 0 Å². The van der Waals surface area contributed by atoms with Crippen LogP contribution in [0.15, 0.2) is 18.5 Å². The van der Waals surface area contributed by atoms with Gasteiger partial charge in [-0.2, -0.15) is 5.10 Å². The van der Waals surface area contributed by atoms with Gasteiger partial charge >= 0.3 is 0 Å². The smallest absolute Gasteiger partial charge is 0.256 e. The minimum atomic E-state index is -0.103. The first-order valence-electron chi connectivity index (χ1n) is 13.0. The molecular weight excluding hydrogens is 430 g/mol. The van der Waals surface area contributed by atoms with Crippen LogP contribution in [0, 0.1) is 0 Å². The molecule has 9 heteroatoms. The molecule has 5 rings (SSSR count). The quantitative estimate of drug-likeness (QED) is 0.671. The second-order valence-corrected chi connectivity index (χ2v) is 9.89. The molecule has 2 aromatic rings. The van der Waals surface area contributed by atoms with Crippen molar-refractivity contribution in [2.75, 3.05) is 45.8 Å². The lowest BCUT2D eigenvalue weighted by Gasteiger charge is -2.34. The van der Waals surface area contributed by atoms with Crippen molar-refractivity contribution >= 4 is 17.5 Å². The summed E-state index contributed by atoms with van der Waals surface area (Å²) >= 11 is 0. The Labute approximate surface area is 201 Å². The molecule has 0 spiro atoms. The number of fused-ring (bicyclic) bond motifs is 1. The Morgan fingerprint density at radius 3 is 2.56 bits per heavy atom. The van der Waals surface area contributed by atoms with Crippen LogP contribution in [0.4, 0.5) is 0 Å². The molecule has 3 aliphatic rings. The summed E-state index contributed by atoms with van der Waals surface area (Å²) in [5.41, 5.74) is 2.02. The Morgan fingerprint density at radius 1 is 1.03 bits per heavy atom. The largest absolute Gasteiger partial charge is 0.349 e. The third-order valence-electron chi connectivity index (χ3n) is 7.83. The van der Waals surface area contributed by atoms with Crippen molar-refractivity contribution in [2.45, 2.75) is 64.0 Å². The number of aromatic nitrogens is 3. The fraction of sp³-hybridized carbons (Fsp3) is 0.680. The molecule has 2 amide bonds. The van der Waals surface area contributed by atoms with Gasteiger partial charge in [0.2, 0.25) is 5.91 Å². The van der Waals surface area contributed by atoms with Gasteiger partial charge in [-0.1, -0.05) is 19.8 Å². The van der Waals surface area contributed by atoms with E-state index in [9.17, 15) is 9.59 Å². The summed E-state index contributed by atoms with van der Waals surface area (Å²) in [7, 11) is 0. The maximum absolute atomic E-state index is 13.2. The Bertz CT molecular complexity index is 1010. The van der Waals surface area contributed by atoms with E-state index in [1.54, 1.807) is 16.9 Å². The molecule has 2 aliphatic heterocycles. The van der Waals surface area contributed by atoms with E-state index in [1.165, 1.54) is 12.8 Å². The number of rotatable bonds is 7. The minimum absolute atomic E-state index is 0.0272. The van der Waals surface area contributed by atoms with Crippen LogP contribution in [0.2, 0.25) is 0 Å². The van der Waals surface area contributed by atoms with Crippen molar-refractivity contribution in [3.8, 4) is 0 Å². The summed E-state index contributed by atoms with van der Waals surface area (Å²) in [4.78, 5) is 37.4. The van der Waals surface area contributed by atoms with Crippen LogP contribution in [0.1, 0.15) is 74.0 Å². The first-order chi connectivity index (χ1) is 16.6. The summed E-state index contributed by atoms with van der Waals surface area (Å²) in [6.45, 7) is 9.13. The van der Waals surface area contributed by atoms with Crippen LogP contribution in [0.3, 0.4) is 0 Å². The molecule has 2 aromatic heterocycles. The second-order valence-electron chi connectivity index (χ2n) is 9.89. The van der Waals surface area contributed by atoms with Crippen molar-refractivity contribution in [3.05, 3.63) is 29.7 Å². The number of likely N-dealkylation sites (tertiary alicyclic amines) is 1. The van der Waals surface area contributed by atoms with Crippen molar-refractivity contribution in [2.24, 2.45) is 0 Å². The van der Waals surface area contributed by atoms with Crippen LogP contribution in [-0.2, 0) is 4.79 Å². The van der Waals surface area contributed by atoms with Gasteiger partial charge < -0.3 is 20.0 Å². The molecule has 0 radical (unpaired) electrons. The fourth-order valence-electron chi connectivity index (χ4n) is 5.75. The Kier molecular flexibility index (Phi) is 7.10. The fourth-order valence-corrected chi connectivity index (χ4v) is 5.75. The minimum Gasteiger partial charge on any atom is -0.349 e. The Hall–Kier alpha value is -2.52. The van der Waals surface area contributed by atoms with Gasteiger partial charge in [0.25, 0.3) is 5.91 Å². The summed E-state index contributed by atoms with van der Waals surface area (Å²) in [6, 6.07) is 2.16. The lowest BCUT2D eigenvalue weighted by atomic mass is 10.1. The van der Waals surface area contributed by atoms with Gasteiger partial charge in [0.1, 0.15) is 5.56 Å². The molecular formula is C25H37N7O2. The monoisotopic (exact) mass is 467 g/mol. The molecule has 0 aromatic carbocycles. The molecule has 34 heavy (non-hydrogen) atoms. The topological polar surface area (TPSA) is 86.1 Å². The average Bonchev–Trinajstić information content (AvgIpc) is 3.63. The van der Waals surface area contributed by atoms with Crippen LogP contribution in [0.25, 0.3) is 5.65 Å². The zero-order chi connectivity index (χ0) is 23.5. The summed E-state index contributed by atoms with van der Waals surface area (Å²) in [5, 5.41) is 7.67. The Balaban J connectivity index is 1.26. The molecule has 9 nitrogen and oxygen atoms in total. The van der Waals surface area contributed by atoms with Crippen molar-refractivity contribution in [1.29, 1.82) is 0 Å². The highest BCUT2D eigenvalue weighted by atomic mass is 16.2. The molecule has 2 saturated heterocycles. The normalized spacial score (nSPS) is 22.6. The standard InChI is InChI=1S/C25H37N7O2/c1-2-29-14-16-30(17-15-29)13-10-23(33)31-12-5-8-21(31)22-9-11-26-24-20(18-27-32(22)24)25(34)28-19-6-3-4-7-19/h9,11,18-19,21H,2-8,10,12-17H2,1H3,(H,28,34)/t21-/m0/s1. The Morgan fingerprint density at radius 2 is 1.79 bits per heavy atom. The number of piperazine rings is 1. The van der Waals surface area contributed by atoms with Crippen LogP contribution < -0.4 is 5.32 Å². The maximum Gasteiger partial charge on any atom is 0.256 e. The summed E-state index contributed by atoms with van der Waals surface area (Å²) < 4.78 is 1.77. The van der Waals surface area contributed by atoms with E-state index >= 15 is 0 Å². The zero-order valence-electron chi connectivity index (χ0n) is 20.3. The molecule has 1 atom stereocenters. The van der Waals surface area contributed by atoms with Gasteiger partial charge in [-0.3, -0.25) is 9.59 Å². The SMILES string of the molecule is CCN1CCN(CCC(=O)N2CCC[C@H]2c2ccnc3c(C(=O)NC4CCCC4)cnn23)CC1. The average molecular weight is 468 g/mol. The molecule has 3 fully saturated rings. The lowest BCUT2D eigenvalue weighted by Crippen LogP contribution is -2.47. The van der Waals surface area contributed by atoms with Gasteiger partial charge in [-0.15, -0.1) is 0 Å². The molecule has 0 bridgehead atoms. The van der Waals surface area contributed by atoms with E-state index in [2.05, 4.69) is 32.1 Å². The number of amides is 2. The van der Waals surface area contributed by atoms with E-state index in [0.717, 1.165) is 77.2 Å². The number of carbonyl (C=O) groups excluding carboxylic acids is 2. The number of likely N-dealkylation sites (N-methyl/N-ethyl adjacent to an activating group) is 1. The zero-order valence-corrected chi connectivity index (χ0v) is 20.3. The highest BCUT2D eigenvalue weighted by molar-refractivity contribution is 5.99. The molecule has 0 unspecified atom stereocenters. The third-order valence-corrected chi connectivity index (χ3v) is 7.83. The predicted octanol–water partition coefficient (Wildman–Crippen LogP) is 2.09. The second kappa shape index (κ2) is 10.4. The molecule has 4 heterocycles. The van der Waals surface area contributed by atoms with Crippen LogP contribution >= 0.6 is 0 Å².